The Labute approximate surface area is 104 Å². The van der Waals surface area contributed by atoms with E-state index in [1.807, 2.05) is 12.3 Å². The molecule has 5 heteroatoms. The van der Waals surface area contributed by atoms with Crippen molar-refractivity contribution >= 4 is 15.9 Å². The van der Waals surface area contributed by atoms with E-state index in [0.29, 0.717) is 19.8 Å². The lowest BCUT2D eigenvalue weighted by Crippen LogP contribution is -2.29. The molecule has 2 N–H and O–H groups in total. The van der Waals surface area contributed by atoms with Crippen molar-refractivity contribution in [1.29, 1.82) is 0 Å². The van der Waals surface area contributed by atoms with Crippen molar-refractivity contribution in [3.05, 3.63) is 28.5 Å². The number of aromatic nitrogens is 1. The normalized spacial score (nSPS) is 12.7. The minimum atomic E-state index is -0.00652. The fourth-order valence-corrected chi connectivity index (χ4v) is 1.72. The molecule has 1 rings (SSSR count). The van der Waals surface area contributed by atoms with E-state index in [1.54, 1.807) is 13.3 Å². The van der Waals surface area contributed by atoms with Crippen molar-refractivity contribution in [1.82, 2.24) is 4.98 Å². The first-order valence-corrected chi connectivity index (χ1v) is 5.93. The lowest BCUT2D eigenvalue weighted by Gasteiger charge is -2.12. The van der Waals surface area contributed by atoms with Crippen LogP contribution in [0.4, 0.5) is 0 Å². The van der Waals surface area contributed by atoms with Crippen LogP contribution in [0.3, 0.4) is 0 Å². The van der Waals surface area contributed by atoms with Crippen LogP contribution in [0.1, 0.15) is 5.56 Å². The number of rotatable bonds is 7. The van der Waals surface area contributed by atoms with Crippen molar-refractivity contribution in [2.75, 3.05) is 26.9 Å². The molecule has 1 heterocycles. The summed E-state index contributed by atoms with van der Waals surface area (Å²) in [5.41, 5.74) is 7.04. The zero-order chi connectivity index (χ0) is 11.8. The molecule has 1 aromatic rings. The average Bonchev–Trinajstić information content (AvgIpc) is 2.24. The predicted molar refractivity (Wildman–Crippen MR) is 66.3 cm³/mol. The summed E-state index contributed by atoms with van der Waals surface area (Å²) in [7, 11) is 1.65. The van der Waals surface area contributed by atoms with Gasteiger partial charge in [0, 0.05) is 30.0 Å². The van der Waals surface area contributed by atoms with Crippen LogP contribution in [0.15, 0.2) is 22.9 Å². The Kier molecular flexibility index (Phi) is 6.56. The smallest absolute Gasteiger partial charge is 0.0701 e. The summed E-state index contributed by atoms with van der Waals surface area (Å²) >= 11 is 3.37. The second kappa shape index (κ2) is 7.73. The summed E-state index contributed by atoms with van der Waals surface area (Å²) < 4.78 is 11.2. The summed E-state index contributed by atoms with van der Waals surface area (Å²) in [6, 6.07) is 2.01. The van der Waals surface area contributed by atoms with Gasteiger partial charge in [0.2, 0.25) is 0 Å². The van der Waals surface area contributed by atoms with Crippen LogP contribution in [0.2, 0.25) is 0 Å². The average molecular weight is 289 g/mol. The van der Waals surface area contributed by atoms with Gasteiger partial charge in [-0.15, -0.1) is 0 Å². The predicted octanol–water partition coefficient (Wildman–Crippen LogP) is 1.38. The van der Waals surface area contributed by atoms with Crippen LogP contribution in [0, 0.1) is 0 Å². The van der Waals surface area contributed by atoms with Gasteiger partial charge in [-0.05, 0) is 34.0 Å². The number of nitrogens with two attached hydrogens (primary N) is 1. The molecule has 0 saturated heterocycles. The van der Waals surface area contributed by atoms with Crippen molar-refractivity contribution < 1.29 is 9.47 Å². The SMILES string of the molecule is COCCOCC(N)Cc1cncc(Br)c1. The maximum Gasteiger partial charge on any atom is 0.0701 e. The highest BCUT2D eigenvalue weighted by molar-refractivity contribution is 9.10. The summed E-state index contributed by atoms with van der Waals surface area (Å²) in [6.07, 6.45) is 4.34. The molecular weight excluding hydrogens is 272 g/mol. The Morgan fingerprint density at radius 2 is 2.25 bits per heavy atom. The molecule has 0 radical (unpaired) electrons. The van der Waals surface area contributed by atoms with Crippen LogP contribution in [-0.2, 0) is 15.9 Å². The summed E-state index contributed by atoms with van der Waals surface area (Å²) in [5, 5.41) is 0. The number of ether oxygens (including phenoxy) is 2. The number of methoxy groups -OCH3 is 1. The molecule has 0 saturated carbocycles. The summed E-state index contributed by atoms with van der Waals surface area (Å²) in [6.45, 7) is 1.72. The van der Waals surface area contributed by atoms with E-state index in [1.165, 1.54) is 0 Å². The monoisotopic (exact) mass is 288 g/mol. The van der Waals surface area contributed by atoms with Crippen LogP contribution in [-0.4, -0.2) is 38.0 Å². The number of hydrogen-bond acceptors (Lipinski definition) is 4. The number of hydrogen-bond donors (Lipinski definition) is 1. The minimum Gasteiger partial charge on any atom is -0.382 e. The first-order chi connectivity index (χ1) is 7.72. The fourth-order valence-electron chi connectivity index (χ4n) is 1.31. The second-order valence-electron chi connectivity index (χ2n) is 3.54. The van der Waals surface area contributed by atoms with Crippen LogP contribution in [0.25, 0.3) is 0 Å². The van der Waals surface area contributed by atoms with Crippen molar-refractivity contribution in [3.63, 3.8) is 0 Å². The lowest BCUT2D eigenvalue weighted by atomic mass is 10.1. The highest BCUT2D eigenvalue weighted by atomic mass is 79.9. The molecule has 1 aromatic heterocycles. The Bertz CT molecular complexity index is 310. The molecule has 1 unspecified atom stereocenters. The van der Waals surface area contributed by atoms with Crippen LogP contribution >= 0.6 is 15.9 Å². The maximum atomic E-state index is 5.93. The van der Waals surface area contributed by atoms with Gasteiger partial charge in [0.1, 0.15) is 0 Å². The van der Waals surface area contributed by atoms with Gasteiger partial charge in [-0.1, -0.05) is 0 Å². The van der Waals surface area contributed by atoms with Crippen molar-refractivity contribution in [3.8, 4) is 0 Å². The topological polar surface area (TPSA) is 57.4 Å². The molecule has 16 heavy (non-hydrogen) atoms. The molecule has 0 fully saturated rings. The zero-order valence-corrected chi connectivity index (χ0v) is 10.9. The Morgan fingerprint density at radius 1 is 1.44 bits per heavy atom. The van der Waals surface area contributed by atoms with Gasteiger partial charge in [0.05, 0.1) is 19.8 Å². The van der Waals surface area contributed by atoms with E-state index in [0.717, 1.165) is 16.5 Å². The van der Waals surface area contributed by atoms with Gasteiger partial charge in [0.25, 0.3) is 0 Å². The first-order valence-electron chi connectivity index (χ1n) is 5.14. The molecule has 0 bridgehead atoms. The summed E-state index contributed by atoms with van der Waals surface area (Å²) in [5.74, 6) is 0. The second-order valence-corrected chi connectivity index (χ2v) is 4.46. The number of nitrogens with zero attached hydrogens (tertiary/aromatic N) is 1. The van der Waals surface area contributed by atoms with Gasteiger partial charge in [-0.2, -0.15) is 0 Å². The highest BCUT2D eigenvalue weighted by Crippen LogP contribution is 2.10. The lowest BCUT2D eigenvalue weighted by molar-refractivity contribution is 0.0637. The van der Waals surface area contributed by atoms with Gasteiger partial charge in [0.15, 0.2) is 0 Å². The minimum absolute atomic E-state index is 0.00652. The first kappa shape index (κ1) is 13.6. The maximum absolute atomic E-state index is 5.93. The van der Waals surface area contributed by atoms with E-state index in [-0.39, 0.29) is 6.04 Å². The Morgan fingerprint density at radius 3 is 2.94 bits per heavy atom. The molecule has 0 aliphatic heterocycles. The third-order valence-electron chi connectivity index (χ3n) is 2.02. The molecule has 90 valence electrons. The van der Waals surface area contributed by atoms with Crippen molar-refractivity contribution in [2.24, 2.45) is 5.73 Å². The molecule has 0 amide bonds. The van der Waals surface area contributed by atoms with Gasteiger partial charge >= 0.3 is 0 Å². The van der Waals surface area contributed by atoms with Crippen LogP contribution < -0.4 is 5.73 Å². The van der Waals surface area contributed by atoms with Gasteiger partial charge in [-0.3, -0.25) is 4.98 Å². The van der Waals surface area contributed by atoms with Crippen molar-refractivity contribution in [2.45, 2.75) is 12.5 Å². The van der Waals surface area contributed by atoms with E-state index in [9.17, 15) is 0 Å². The Hall–Kier alpha value is -0.490. The standard InChI is InChI=1S/C11H17BrN2O2/c1-15-2-3-16-8-11(13)5-9-4-10(12)7-14-6-9/h4,6-7,11H,2-3,5,8,13H2,1H3. The zero-order valence-electron chi connectivity index (χ0n) is 9.36. The molecule has 0 aromatic carbocycles. The summed E-state index contributed by atoms with van der Waals surface area (Å²) in [4.78, 5) is 4.08. The molecule has 0 aliphatic rings. The van der Waals surface area contributed by atoms with Crippen LogP contribution in [0.5, 0.6) is 0 Å². The molecule has 1 atom stereocenters. The third-order valence-corrected chi connectivity index (χ3v) is 2.46. The fraction of sp³-hybridized carbons (Fsp3) is 0.545. The van der Waals surface area contributed by atoms with E-state index < -0.39 is 0 Å². The highest BCUT2D eigenvalue weighted by Gasteiger charge is 2.05. The van der Waals surface area contributed by atoms with E-state index >= 15 is 0 Å². The number of pyridine rings is 1. The van der Waals surface area contributed by atoms with Gasteiger partial charge in [-0.25, -0.2) is 0 Å². The van der Waals surface area contributed by atoms with E-state index in [2.05, 4.69) is 20.9 Å². The third kappa shape index (κ3) is 5.55. The molecule has 0 spiro atoms. The van der Waals surface area contributed by atoms with Gasteiger partial charge < -0.3 is 15.2 Å². The largest absolute Gasteiger partial charge is 0.382 e. The quantitative estimate of drug-likeness (QED) is 0.770. The Balaban J connectivity index is 2.25. The molecular formula is C11H17BrN2O2. The van der Waals surface area contributed by atoms with E-state index in [4.69, 9.17) is 15.2 Å². The molecule has 4 nitrogen and oxygen atoms in total. The molecule has 0 aliphatic carbocycles. The number of halogens is 1.